The summed E-state index contributed by atoms with van der Waals surface area (Å²) in [7, 11) is 1.62. The van der Waals surface area contributed by atoms with Gasteiger partial charge < -0.3 is 9.64 Å². The molecule has 0 spiro atoms. The molecule has 0 aliphatic rings. The number of halogens is 1. The Morgan fingerprint density at radius 3 is 2.85 bits per heavy atom. The molecule has 0 aliphatic carbocycles. The van der Waals surface area contributed by atoms with Crippen molar-refractivity contribution in [3.05, 3.63) is 52.7 Å². The van der Waals surface area contributed by atoms with Crippen LogP contribution in [-0.2, 0) is 17.8 Å². The van der Waals surface area contributed by atoms with Crippen molar-refractivity contribution < 1.29 is 9.53 Å². The lowest BCUT2D eigenvalue weighted by Gasteiger charge is -2.22. The van der Waals surface area contributed by atoms with Crippen LogP contribution in [0.5, 0.6) is 0 Å². The van der Waals surface area contributed by atoms with Crippen molar-refractivity contribution in [2.75, 3.05) is 20.3 Å². The van der Waals surface area contributed by atoms with E-state index in [1.807, 2.05) is 24.7 Å². The van der Waals surface area contributed by atoms with E-state index in [4.69, 9.17) is 16.3 Å². The molecule has 138 valence electrons. The summed E-state index contributed by atoms with van der Waals surface area (Å²) in [6.07, 6.45) is 5.45. The van der Waals surface area contributed by atoms with Crippen molar-refractivity contribution in [2.24, 2.45) is 0 Å². The van der Waals surface area contributed by atoms with Crippen LogP contribution in [-0.4, -0.2) is 50.2 Å². The van der Waals surface area contributed by atoms with Crippen molar-refractivity contribution in [1.29, 1.82) is 0 Å². The smallest absolute Gasteiger partial charge is 0.273 e. The number of amides is 1. The number of aryl methyl sites for hydroxylation is 2. The molecule has 8 heteroatoms. The summed E-state index contributed by atoms with van der Waals surface area (Å²) in [5.74, 6) is -0.112. The lowest BCUT2D eigenvalue weighted by Crippen LogP contribution is -2.34. The first-order chi connectivity index (χ1) is 12.5. The van der Waals surface area contributed by atoms with Crippen LogP contribution in [0.3, 0.4) is 0 Å². The predicted octanol–water partition coefficient (Wildman–Crippen LogP) is 2.80. The molecule has 0 radical (unpaired) electrons. The standard InChI is InChI=1S/C18H22ClN5O2/c1-4-23-11-14(9-20-23)10-22(7-8-26-3)18(25)17-13(2)21-16-6-5-15(19)12-24(16)17/h5-6,9,11-12H,4,7-8,10H2,1-3H3. The maximum atomic E-state index is 13.3. The number of aromatic nitrogens is 4. The number of pyridine rings is 1. The Kier molecular flexibility index (Phi) is 5.58. The van der Waals surface area contributed by atoms with Crippen LogP contribution >= 0.6 is 11.6 Å². The molecule has 1 amide bonds. The van der Waals surface area contributed by atoms with E-state index in [-0.39, 0.29) is 5.91 Å². The van der Waals surface area contributed by atoms with E-state index in [0.29, 0.717) is 41.8 Å². The third-order valence-corrected chi connectivity index (χ3v) is 4.42. The number of rotatable bonds is 7. The molecule has 3 aromatic heterocycles. The van der Waals surface area contributed by atoms with Gasteiger partial charge in [-0.25, -0.2) is 4.98 Å². The summed E-state index contributed by atoms with van der Waals surface area (Å²) in [6.45, 7) is 6.02. The maximum Gasteiger partial charge on any atom is 0.273 e. The van der Waals surface area contributed by atoms with Crippen LogP contribution in [0.25, 0.3) is 5.65 Å². The zero-order valence-corrected chi connectivity index (χ0v) is 15.9. The first-order valence-electron chi connectivity index (χ1n) is 8.47. The fourth-order valence-corrected chi connectivity index (χ4v) is 3.04. The molecule has 26 heavy (non-hydrogen) atoms. The summed E-state index contributed by atoms with van der Waals surface area (Å²) >= 11 is 6.11. The van der Waals surface area contributed by atoms with Gasteiger partial charge >= 0.3 is 0 Å². The van der Waals surface area contributed by atoms with Gasteiger partial charge in [-0.1, -0.05) is 11.6 Å². The molecular weight excluding hydrogens is 354 g/mol. The van der Waals surface area contributed by atoms with Gasteiger partial charge in [0.2, 0.25) is 0 Å². The molecule has 3 aromatic rings. The number of fused-ring (bicyclic) bond motifs is 1. The van der Waals surface area contributed by atoms with Crippen LogP contribution in [0.2, 0.25) is 5.02 Å². The average Bonchev–Trinajstić information content (AvgIpc) is 3.21. The monoisotopic (exact) mass is 375 g/mol. The van der Waals surface area contributed by atoms with E-state index in [2.05, 4.69) is 10.1 Å². The molecule has 0 fully saturated rings. The van der Waals surface area contributed by atoms with E-state index in [1.165, 1.54) is 0 Å². The number of carbonyl (C=O) groups is 1. The van der Waals surface area contributed by atoms with Crippen molar-refractivity contribution in [2.45, 2.75) is 26.9 Å². The highest BCUT2D eigenvalue weighted by Gasteiger charge is 2.23. The number of hydrogen-bond acceptors (Lipinski definition) is 4. The number of imidazole rings is 1. The minimum Gasteiger partial charge on any atom is -0.383 e. The summed E-state index contributed by atoms with van der Waals surface area (Å²) in [6, 6.07) is 3.57. The fourth-order valence-electron chi connectivity index (χ4n) is 2.88. The van der Waals surface area contributed by atoms with Gasteiger partial charge in [0.05, 0.1) is 23.5 Å². The fraction of sp³-hybridized carbons (Fsp3) is 0.389. The first kappa shape index (κ1) is 18.4. The second-order valence-corrected chi connectivity index (χ2v) is 6.48. The van der Waals surface area contributed by atoms with Crippen molar-refractivity contribution >= 4 is 23.2 Å². The first-order valence-corrected chi connectivity index (χ1v) is 8.85. The zero-order chi connectivity index (χ0) is 18.7. The molecule has 3 heterocycles. The Morgan fingerprint density at radius 1 is 1.35 bits per heavy atom. The van der Waals surface area contributed by atoms with E-state index >= 15 is 0 Å². The molecule has 7 nitrogen and oxygen atoms in total. The molecule has 0 aromatic carbocycles. The van der Waals surface area contributed by atoms with Gasteiger partial charge in [0.25, 0.3) is 5.91 Å². The maximum absolute atomic E-state index is 13.3. The number of methoxy groups -OCH3 is 1. The molecule has 3 rings (SSSR count). The SMILES string of the molecule is CCn1cc(CN(CCOC)C(=O)c2c(C)nc3ccc(Cl)cn23)cn1. The highest BCUT2D eigenvalue weighted by Crippen LogP contribution is 2.19. The van der Waals surface area contributed by atoms with Crippen LogP contribution in [0.1, 0.15) is 28.7 Å². The van der Waals surface area contributed by atoms with Crippen molar-refractivity contribution in [3.8, 4) is 0 Å². The molecule has 0 saturated heterocycles. The second-order valence-electron chi connectivity index (χ2n) is 6.05. The van der Waals surface area contributed by atoms with Gasteiger partial charge in [0, 0.05) is 44.7 Å². The van der Waals surface area contributed by atoms with Crippen LogP contribution in [0.15, 0.2) is 30.7 Å². The van der Waals surface area contributed by atoms with Gasteiger partial charge in [-0.15, -0.1) is 0 Å². The molecule has 0 unspecified atom stereocenters. The summed E-state index contributed by atoms with van der Waals surface area (Å²) < 4.78 is 8.77. The van der Waals surface area contributed by atoms with Gasteiger partial charge in [-0.05, 0) is 26.0 Å². The topological polar surface area (TPSA) is 64.7 Å². The minimum absolute atomic E-state index is 0.112. The Labute approximate surface area is 157 Å². The van der Waals surface area contributed by atoms with E-state index in [1.54, 1.807) is 40.9 Å². The molecular formula is C18H22ClN5O2. The summed E-state index contributed by atoms with van der Waals surface area (Å²) in [5.41, 5.74) is 2.85. The average molecular weight is 376 g/mol. The Balaban J connectivity index is 1.94. The number of carbonyl (C=O) groups excluding carboxylic acids is 1. The van der Waals surface area contributed by atoms with Gasteiger partial charge in [-0.3, -0.25) is 13.9 Å². The van der Waals surface area contributed by atoms with Gasteiger partial charge in [0.1, 0.15) is 11.3 Å². The number of hydrogen-bond donors (Lipinski definition) is 0. The normalized spacial score (nSPS) is 11.2. The summed E-state index contributed by atoms with van der Waals surface area (Å²) in [4.78, 5) is 19.5. The lowest BCUT2D eigenvalue weighted by atomic mass is 10.2. The highest BCUT2D eigenvalue weighted by molar-refractivity contribution is 6.30. The molecule has 0 atom stereocenters. The Morgan fingerprint density at radius 2 is 2.15 bits per heavy atom. The number of nitrogens with zero attached hydrogens (tertiary/aromatic N) is 5. The van der Waals surface area contributed by atoms with Crippen molar-refractivity contribution in [1.82, 2.24) is 24.1 Å². The zero-order valence-electron chi connectivity index (χ0n) is 15.1. The van der Waals surface area contributed by atoms with Crippen LogP contribution in [0.4, 0.5) is 0 Å². The Hall–Kier alpha value is -2.38. The third kappa shape index (κ3) is 3.73. The minimum atomic E-state index is -0.112. The van der Waals surface area contributed by atoms with Gasteiger partial charge in [-0.2, -0.15) is 5.10 Å². The second kappa shape index (κ2) is 7.88. The van der Waals surface area contributed by atoms with Crippen LogP contribution in [0, 0.1) is 6.92 Å². The largest absolute Gasteiger partial charge is 0.383 e. The van der Waals surface area contributed by atoms with Crippen molar-refractivity contribution in [3.63, 3.8) is 0 Å². The highest BCUT2D eigenvalue weighted by atomic mass is 35.5. The van der Waals surface area contributed by atoms with E-state index < -0.39 is 0 Å². The third-order valence-electron chi connectivity index (χ3n) is 4.20. The quantitative estimate of drug-likeness (QED) is 0.637. The van der Waals surface area contributed by atoms with E-state index in [9.17, 15) is 4.79 Å². The summed E-state index contributed by atoms with van der Waals surface area (Å²) in [5, 5.41) is 4.83. The molecule has 0 N–H and O–H groups in total. The molecule has 0 saturated carbocycles. The molecule has 0 aliphatic heterocycles. The lowest BCUT2D eigenvalue weighted by molar-refractivity contribution is 0.0672. The molecule has 0 bridgehead atoms. The predicted molar refractivity (Wildman–Crippen MR) is 99.5 cm³/mol. The van der Waals surface area contributed by atoms with E-state index in [0.717, 1.165) is 12.1 Å². The van der Waals surface area contributed by atoms with Gasteiger partial charge in [0.15, 0.2) is 0 Å². The Bertz CT molecular complexity index is 918. The number of ether oxygens (including phenoxy) is 1. The van der Waals surface area contributed by atoms with Crippen LogP contribution < -0.4 is 0 Å².